The van der Waals surface area contributed by atoms with Gasteiger partial charge in [0.2, 0.25) is 0 Å². The Kier molecular flexibility index (Phi) is 4.44. The van der Waals surface area contributed by atoms with Gasteiger partial charge in [0, 0.05) is 43.7 Å². The summed E-state index contributed by atoms with van der Waals surface area (Å²) >= 11 is 0. The molecular weight excluding hydrogens is 236 g/mol. The van der Waals surface area contributed by atoms with Gasteiger partial charge in [0.1, 0.15) is 11.6 Å². The fourth-order valence-electron chi connectivity index (χ4n) is 2.00. The molecule has 0 spiro atoms. The van der Waals surface area contributed by atoms with Gasteiger partial charge < -0.3 is 4.90 Å². The summed E-state index contributed by atoms with van der Waals surface area (Å²) in [6, 6.07) is 6.02. The van der Waals surface area contributed by atoms with Crippen molar-refractivity contribution < 1.29 is 0 Å². The van der Waals surface area contributed by atoms with Crippen molar-refractivity contribution in [1.82, 2.24) is 15.0 Å². The summed E-state index contributed by atoms with van der Waals surface area (Å²) in [5.41, 5.74) is 2.30. The Morgan fingerprint density at radius 2 is 2.05 bits per heavy atom. The van der Waals surface area contributed by atoms with Gasteiger partial charge in [-0.3, -0.25) is 4.98 Å². The van der Waals surface area contributed by atoms with Crippen LogP contribution in [0, 0.1) is 6.92 Å². The van der Waals surface area contributed by atoms with E-state index in [-0.39, 0.29) is 0 Å². The molecule has 0 amide bonds. The minimum atomic E-state index is 0.817. The lowest BCUT2D eigenvalue weighted by Gasteiger charge is -2.20. The molecule has 0 unspecified atom stereocenters. The number of rotatable bonds is 5. The molecule has 2 aromatic rings. The van der Waals surface area contributed by atoms with Crippen LogP contribution in [0.5, 0.6) is 0 Å². The summed E-state index contributed by atoms with van der Waals surface area (Å²) in [5, 5.41) is 0. The molecule has 0 saturated carbocycles. The highest BCUT2D eigenvalue weighted by atomic mass is 15.2. The van der Waals surface area contributed by atoms with Crippen molar-refractivity contribution in [2.75, 3.05) is 18.5 Å². The van der Waals surface area contributed by atoms with E-state index in [0.29, 0.717) is 0 Å². The maximum absolute atomic E-state index is 4.55. The highest BCUT2D eigenvalue weighted by Crippen LogP contribution is 2.16. The third-order valence-corrected chi connectivity index (χ3v) is 3.13. The number of anilines is 1. The molecule has 0 N–H and O–H groups in total. The SMILES string of the molecule is CCc1cnc(C)nc1N(C)CCc1ccccn1. The summed E-state index contributed by atoms with van der Waals surface area (Å²) in [6.45, 7) is 4.96. The van der Waals surface area contributed by atoms with E-state index in [1.165, 1.54) is 5.56 Å². The summed E-state index contributed by atoms with van der Waals surface area (Å²) in [7, 11) is 2.07. The zero-order chi connectivity index (χ0) is 13.7. The van der Waals surface area contributed by atoms with Gasteiger partial charge in [-0.2, -0.15) is 0 Å². The fourth-order valence-corrected chi connectivity index (χ4v) is 2.00. The van der Waals surface area contributed by atoms with Crippen molar-refractivity contribution in [3.63, 3.8) is 0 Å². The Hall–Kier alpha value is -1.97. The second-order valence-corrected chi connectivity index (χ2v) is 4.61. The van der Waals surface area contributed by atoms with Crippen LogP contribution in [0.15, 0.2) is 30.6 Å². The molecule has 2 heterocycles. The van der Waals surface area contributed by atoms with Gasteiger partial charge in [0.05, 0.1) is 0 Å². The average Bonchev–Trinajstić information content (AvgIpc) is 2.46. The molecule has 0 radical (unpaired) electrons. The Morgan fingerprint density at radius 1 is 1.21 bits per heavy atom. The second-order valence-electron chi connectivity index (χ2n) is 4.61. The Morgan fingerprint density at radius 3 is 2.74 bits per heavy atom. The topological polar surface area (TPSA) is 41.9 Å². The Balaban J connectivity index is 2.07. The quantitative estimate of drug-likeness (QED) is 0.824. The number of hydrogen-bond donors (Lipinski definition) is 0. The maximum atomic E-state index is 4.55. The van der Waals surface area contributed by atoms with Crippen LogP contribution in [-0.2, 0) is 12.8 Å². The van der Waals surface area contributed by atoms with Crippen LogP contribution in [0.2, 0.25) is 0 Å². The molecule has 0 bridgehead atoms. The van der Waals surface area contributed by atoms with Crippen molar-refractivity contribution >= 4 is 5.82 Å². The standard InChI is InChI=1S/C15H20N4/c1-4-13-11-17-12(2)18-15(13)19(3)10-8-14-7-5-6-9-16-14/h5-7,9,11H,4,8,10H2,1-3H3. The van der Waals surface area contributed by atoms with Crippen molar-refractivity contribution in [3.05, 3.63) is 47.7 Å². The smallest absolute Gasteiger partial charge is 0.135 e. The zero-order valence-electron chi connectivity index (χ0n) is 11.8. The molecule has 0 aliphatic rings. The van der Waals surface area contributed by atoms with Crippen LogP contribution in [0.4, 0.5) is 5.82 Å². The van der Waals surface area contributed by atoms with Crippen LogP contribution >= 0.6 is 0 Å². The first-order chi connectivity index (χ1) is 9.20. The van der Waals surface area contributed by atoms with Crippen LogP contribution in [0.25, 0.3) is 0 Å². The van der Waals surface area contributed by atoms with Gasteiger partial charge in [-0.1, -0.05) is 13.0 Å². The molecule has 0 aliphatic carbocycles. The van der Waals surface area contributed by atoms with Gasteiger partial charge >= 0.3 is 0 Å². The first-order valence-corrected chi connectivity index (χ1v) is 6.64. The van der Waals surface area contributed by atoms with Gasteiger partial charge in [0.25, 0.3) is 0 Å². The molecular formula is C15H20N4. The van der Waals surface area contributed by atoms with E-state index in [1.54, 1.807) is 0 Å². The van der Waals surface area contributed by atoms with Crippen LogP contribution in [0.1, 0.15) is 24.0 Å². The van der Waals surface area contributed by atoms with E-state index < -0.39 is 0 Å². The van der Waals surface area contributed by atoms with Gasteiger partial charge in [-0.05, 0) is 25.5 Å². The fraction of sp³-hybridized carbons (Fsp3) is 0.400. The van der Waals surface area contributed by atoms with Crippen molar-refractivity contribution in [3.8, 4) is 0 Å². The largest absolute Gasteiger partial charge is 0.359 e. The number of likely N-dealkylation sites (N-methyl/N-ethyl adjacent to an activating group) is 1. The highest BCUT2D eigenvalue weighted by molar-refractivity contribution is 5.45. The Labute approximate surface area is 114 Å². The summed E-state index contributed by atoms with van der Waals surface area (Å²) in [6.07, 6.45) is 5.63. The van der Waals surface area contributed by atoms with Crippen molar-refractivity contribution in [2.45, 2.75) is 26.7 Å². The van der Waals surface area contributed by atoms with E-state index in [4.69, 9.17) is 0 Å². The molecule has 0 atom stereocenters. The van der Waals surface area contributed by atoms with E-state index in [2.05, 4.69) is 39.9 Å². The molecule has 100 valence electrons. The minimum Gasteiger partial charge on any atom is -0.359 e. The number of hydrogen-bond acceptors (Lipinski definition) is 4. The van der Waals surface area contributed by atoms with Gasteiger partial charge in [-0.25, -0.2) is 9.97 Å². The van der Waals surface area contributed by atoms with Crippen molar-refractivity contribution in [2.24, 2.45) is 0 Å². The first-order valence-electron chi connectivity index (χ1n) is 6.64. The molecule has 2 rings (SSSR count). The van der Waals surface area contributed by atoms with Crippen LogP contribution < -0.4 is 4.90 Å². The average molecular weight is 256 g/mol. The summed E-state index contributed by atoms with van der Waals surface area (Å²) in [5.74, 6) is 1.85. The molecule has 0 fully saturated rings. The molecule has 0 saturated heterocycles. The molecule has 4 heteroatoms. The number of aryl methyl sites for hydroxylation is 2. The van der Waals surface area contributed by atoms with E-state index in [1.807, 2.05) is 31.5 Å². The summed E-state index contributed by atoms with van der Waals surface area (Å²) < 4.78 is 0. The first kappa shape index (κ1) is 13.5. The van der Waals surface area contributed by atoms with Crippen molar-refractivity contribution in [1.29, 1.82) is 0 Å². The molecule has 19 heavy (non-hydrogen) atoms. The lowest BCUT2D eigenvalue weighted by molar-refractivity contribution is 0.819. The van der Waals surface area contributed by atoms with E-state index in [0.717, 1.165) is 36.7 Å². The predicted octanol–water partition coefficient (Wildman–Crippen LogP) is 2.42. The summed E-state index contributed by atoms with van der Waals surface area (Å²) in [4.78, 5) is 15.3. The number of aromatic nitrogens is 3. The van der Waals surface area contributed by atoms with Crippen LogP contribution in [-0.4, -0.2) is 28.5 Å². The normalized spacial score (nSPS) is 10.5. The third kappa shape index (κ3) is 3.50. The maximum Gasteiger partial charge on any atom is 0.135 e. The molecule has 0 aliphatic heterocycles. The van der Waals surface area contributed by atoms with Crippen LogP contribution in [0.3, 0.4) is 0 Å². The molecule has 2 aromatic heterocycles. The molecule has 4 nitrogen and oxygen atoms in total. The minimum absolute atomic E-state index is 0.817. The van der Waals surface area contributed by atoms with Gasteiger partial charge in [0.15, 0.2) is 0 Å². The Bertz CT molecular complexity index is 525. The number of nitrogens with zero attached hydrogens (tertiary/aromatic N) is 4. The van der Waals surface area contributed by atoms with E-state index >= 15 is 0 Å². The predicted molar refractivity (Wildman–Crippen MR) is 77.4 cm³/mol. The molecule has 0 aromatic carbocycles. The second kappa shape index (κ2) is 6.27. The highest BCUT2D eigenvalue weighted by Gasteiger charge is 2.09. The van der Waals surface area contributed by atoms with Gasteiger partial charge in [-0.15, -0.1) is 0 Å². The van der Waals surface area contributed by atoms with E-state index in [9.17, 15) is 0 Å². The lowest BCUT2D eigenvalue weighted by atomic mass is 10.2. The zero-order valence-corrected chi connectivity index (χ0v) is 11.8. The third-order valence-electron chi connectivity index (χ3n) is 3.13. The monoisotopic (exact) mass is 256 g/mol. The lowest BCUT2D eigenvalue weighted by Crippen LogP contribution is -2.23. The number of pyridine rings is 1.